The molecule has 26 heavy (non-hydrogen) atoms. The highest BCUT2D eigenvalue weighted by Crippen LogP contribution is 2.56. The molecule has 0 saturated carbocycles. The van der Waals surface area contributed by atoms with Gasteiger partial charge in [0.15, 0.2) is 5.41 Å². The fraction of sp³-hybridized carbons (Fsp3) is 0.409. The highest BCUT2D eigenvalue weighted by molar-refractivity contribution is 5.60. The molecule has 0 fully saturated rings. The van der Waals surface area contributed by atoms with Crippen LogP contribution in [-0.4, -0.2) is 0 Å². The Balaban J connectivity index is 2.41. The fourth-order valence-corrected chi connectivity index (χ4v) is 4.87. The van der Waals surface area contributed by atoms with Crippen molar-refractivity contribution in [2.75, 3.05) is 0 Å². The fourth-order valence-electron chi connectivity index (χ4n) is 4.87. The molecule has 0 aliphatic heterocycles. The topological polar surface area (TPSA) is 97.4 Å². The molecule has 130 valence electrons. The third-order valence-corrected chi connectivity index (χ3v) is 5.85. The third-order valence-electron chi connectivity index (χ3n) is 5.85. The minimum atomic E-state index is -1.52. The van der Waals surface area contributed by atoms with Gasteiger partial charge in [-0.2, -0.15) is 15.8 Å². The summed E-state index contributed by atoms with van der Waals surface area (Å²) in [4.78, 5) is 0. The van der Waals surface area contributed by atoms with Gasteiger partial charge < -0.3 is 5.73 Å². The number of nitriles is 3. The van der Waals surface area contributed by atoms with Crippen LogP contribution in [-0.2, 0) is 0 Å². The highest BCUT2D eigenvalue weighted by Gasteiger charge is 2.54. The van der Waals surface area contributed by atoms with Crippen LogP contribution in [0, 0.1) is 66.1 Å². The molecule has 1 aromatic rings. The molecule has 4 heteroatoms. The van der Waals surface area contributed by atoms with Gasteiger partial charge in [-0.1, -0.05) is 23.8 Å². The van der Waals surface area contributed by atoms with Crippen LogP contribution in [0.5, 0.6) is 0 Å². The molecule has 3 rings (SSSR count). The Bertz CT molecular complexity index is 922. The molecule has 2 atom stereocenters. The molecule has 0 unspecified atom stereocenters. The van der Waals surface area contributed by atoms with Crippen molar-refractivity contribution in [1.82, 2.24) is 0 Å². The lowest BCUT2D eigenvalue weighted by atomic mass is 9.56. The van der Waals surface area contributed by atoms with Gasteiger partial charge >= 0.3 is 0 Å². The van der Waals surface area contributed by atoms with E-state index in [0.717, 1.165) is 47.1 Å². The zero-order valence-corrected chi connectivity index (χ0v) is 15.4. The first-order valence-electron chi connectivity index (χ1n) is 8.92. The monoisotopic (exact) mass is 342 g/mol. The van der Waals surface area contributed by atoms with E-state index in [-0.39, 0.29) is 17.5 Å². The number of nitrogens with two attached hydrogens (primary N) is 1. The Kier molecular flexibility index (Phi) is 4.35. The van der Waals surface area contributed by atoms with Crippen LogP contribution in [0.4, 0.5) is 0 Å². The van der Waals surface area contributed by atoms with Crippen LogP contribution < -0.4 is 5.73 Å². The molecular weight excluding hydrogens is 320 g/mol. The molecule has 2 aliphatic rings. The second-order valence-corrected chi connectivity index (χ2v) is 7.42. The molecule has 1 aromatic carbocycles. The second kappa shape index (κ2) is 6.36. The maximum absolute atomic E-state index is 10.1. The number of hydrogen-bond acceptors (Lipinski definition) is 4. The number of hydrogen-bond donors (Lipinski definition) is 1. The van der Waals surface area contributed by atoms with E-state index in [1.165, 1.54) is 0 Å². The van der Waals surface area contributed by atoms with Crippen molar-refractivity contribution in [3.63, 3.8) is 0 Å². The number of allylic oxidation sites excluding steroid dienone is 4. The summed E-state index contributed by atoms with van der Waals surface area (Å²) in [6.45, 7) is 6.10. The number of fused-ring (bicyclic) bond motifs is 1. The Hall–Kier alpha value is -3.03. The predicted octanol–water partition coefficient (Wildman–Crippen LogP) is 4.21. The van der Waals surface area contributed by atoms with E-state index in [2.05, 4.69) is 36.4 Å². The smallest absolute Gasteiger partial charge is 0.191 e. The van der Waals surface area contributed by atoms with E-state index in [4.69, 9.17) is 5.73 Å². The summed E-state index contributed by atoms with van der Waals surface area (Å²) in [7, 11) is 0. The normalized spacial score (nSPS) is 23.9. The van der Waals surface area contributed by atoms with Gasteiger partial charge in [-0.15, -0.1) is 0 Å². The van der Waals surface area contributed by atoms with Crippen molar-refractivity contribution in [2.45, 2.75) is 46.0 Å². The van der Waals surface area contributed by atoms with Gasteiger partial charge in [-0.05, 0) is 68.2 Å². The molecule has 2 N–H and O–H groups in total. The van der Waals surface area contributed by atoms with E-state index in [9.17, 15) is 15.8 Å². The van der Waals surface area contributed by atoms with Crippen LogP contribution in [0.2, 0.25) is 0 Å². The quantitative estimate of drug-likeness (QED) is 0.826. The average Bonchev–Trinajstić information content (AvgIpc) is 2.61. The van der Waals surface area contributed by atoms with E-state index in [1.807, 2.05) is 20.8 Å². The zero-order valence-electron chi connectivity index (χ0n) is 15.4. The summed E-state index contributed by atoms with van der Waals surface area (Å²) >= 11 is 0. The molecule has 0 amide bonds. The Morgan fingerprint density at radius 3 is 2.23 bits per heavy atom. The van der Waals surface area contributed by atoms with Crippen molar-refractivity contribution in [1.29, 1.82) is 15.8 Å². The number of aryl methyl sites for hydroxylation is 3. The van der Waals surface area contributed by atoms with Gasteiger partial charge in [0.2, 0.25) is 0 Å². The van der Waals surface area contributed by atoms with Crippen LogP contribution in [0.25, 0.3) is 0 Å². The maximum atomic E-state index is 10.1. The lowest BCUT2D eigenvalue weighted by Gasteiger charge is -2.44. The van der Waals surface area contributed by atoms with Gasteiger partial charge in [-0.3, -0.25) is 0 Å². The van der Waals surface area contributed by atoms with E-state index in [1.54, 1.807) is 0 Å². The van der Waals surface area contributed by atoms with Gasteiger partial charge in [0.1, 0.15) is 6.07 Å². The standard InChI is InChI=1S/C22H22N4/c1-13-8-14(2)19(15(3)9-13)20-17-7-5-4-6-16(17)18(10-23)21(26)22(20,11-24)12-25/h6,8-9,17,20H,4-5,7,26H2,1-3H3/t17-,20-/m0/s1. The minimum Gasteiger partial charge on any atom is -0.399 e. The summed E-state index contributed by atoms with van der Waals surface area (Å²) in [5.41, 5.74) is 10.5. The zero-order chi connectivity index (χ0) is 19.1. The molecule has 0 bridgehead atoms. The van der Waals surface area contributed by atoms with Crippen LogP contribution in [0.3, 0.4) is 0 Å². The first kappa shape index (κ1) is 17.8. The van der Waals surface area contributed by atoms with Gasteiger partial charge in [-0.25, -0.2) is 0 Å². The molecular formula is C22H22N4. The highest BCUT2D eigenvalue weighted by atomic mass is 14.7. The molecule has 2 aliphatic carbocycles. The first-order chi connectivity index (χ1) is 12.4. The lowest BCUT2D eigenvalue weighted by molar-refractivity contribution is 0.315. The Morgan fingerprint density at radius 2 is 1.69 bits per heavy atom. The number of rotatable bonds is 1. The molecule has 0 aromatic heterocycles. The van der Waals surface area contributed by atoms with E-state index < -0.39 is 5.41 Å². The van der Waals surface area contributed by atoms with Crippen molar-refractivity contribution < 1.29 is 0 Å². The summed E-state index contributed by atoms with van der Waals surface area (Å²) in [5.74, 6) is -0.396. The molecule has 4 nitrogen and oxygen atoms in total. The largest absolute Gasteiger partial charge is 0.399 e. The second-order valence-electron chi connectivity index (χ2n) is 7.42. The molecule has 0 radical (unpaired) electrons. The molecule has 0 heterocycles. The summed E-state index contributed by atoms with van der Waals surface area (Å²) in [6, 6.07) is 10.8. The van der Waals surface area contributed by atoms with Crippen molar-refractivity contribution in [3.8, 4) is 18.2 Å². The van der Waals surface area contributed by atoms with Crippen LogP contribution in [0.1, 0.15) is 47.4 Å². The lowest BCUT2D eigenvalue weighted by Crippen LogP contribution is -2.43. The Morgan fingerprint density at radius 1 is 1.08 bits per heavy atom. The predicted molar refractivity (Wildman–Crippen MR) is 99.3 cm³/mol. The third kappa shape index (κ3) is 2.33. The SMILES string of the molecule is Cc1cc(C)c([C@@H]2[C@H]3CCCC=C3C(C#N)=C(N)C2(C#N)C#N)c(C)c1. The maximum Gasteiger partial charge on any atom is 0.191 e. The van der Waals surface area contributed by atoms with E-state index in [0.29, 0.717) is 5.57 Å². The van der Waals surface area contributed by atoms with Crippen LogP contribution >= 0.6 is 0 Å². The summed E-state index contributed by atoms with van der Waals surface area (Å²) in [5, 5.41) is 29.8. The number of benzene rings is 1. The minimum absolute atomic E-state index is 0.0369. The van der Waals surface area contributed by atoms with Crippen LogP contribution in [0.15, 0.2) is 35.1 Å². The van der Waals surface area contributed by atoms with Crippen molar-refractivity contribution >= 4 is 0 Å². The van der Waals surface area contributed by atoms with Crippen molar-refractivity contribution in [3.05, 3.63) is 57.3 Å². The van der Waals surface area contributed by atoms with Gasteiger partial charge in [0, 0.05) is 5.92 Å². The average molecular weight is 342 g/mol. The first-order valence-corrected chi connectivity index (χ1v) is 8.92. The molecule has 0 spiro atoms. The number of nitrogens with zero attached hydrogens (tertiary/aromatic N) is 3. The summed E-state index contributed by atoms with van der Waals surface area (Å²) < 4.78 is 0. The summed E-state index contributed by atoms with van der Waals surface area (Å²) in [6.07, 6.45) is 4.81. The van der Waals surface area contributed by atoms with E-state index >= 15 is 0 Å². The van der Waals surface area contributed by atoms with Crippen molar-refractivity contribution in [2.24, 2.45) is 17.1 Å². The van der Waals surface area contributed by atoms with Gasteiger partial charge in [0.05, 0.1) is 23.4 Å². The Labute approximate surface area is 154 Å². The molecule has 0 saturated heterocycles. The van der Waals surface area contributed by atoms with Gasteiger partial charge in [0.25, 0.3) is 0 Å².